The van der Waals surface area contributed by atoms with Crippen molar-refractivity contribution in [3.8, 4) is 0 Å². The van der Waals surface area contributed by atoms with E-state index in [-0.39, 0.29) is 18.1 Å². The Morgan fingerprint density at radius 1 is 1.38 bits per heavy atom. The van der Waals surface area contributed by atoms with E-state index in [1.807, 2.05) is 17.0 Å². The molecule has 1 aromatic heterocycles. The molecule has 5 heteroatoms. The molecule has 1 amide bonds. The fourth-order valence-electron chi connectivity index (χ4n) is 3.37. The first-order valence-corrected chi connectivity index (χ1v) is 7.75. The summed E-state index contributed by atoms with van der Waals surface area (Å²) in [5.41, 5.74) is 0.528. The van der Waals surface area contributed by atoms with Crippen LogP contribution >= 0.6 is 0 Å². The minimum absolute atomic E-state index is 0.0272. The lowest BCUT2D eigenvalue weighted by Gasteiger charge is -2.28. The summed E-state index contributed by atoms with van der Waals surface area (Å²) >= 11 is 0. The number of hydrogen-bond acceptors (Lipinski definition) is 4. The second-order valence-electron chi connectivity index (χ2n) is 5.93. The van der Waals surface area contributed by atoms with Crippen molar-refractivity contribution in [3.05, 3.63) is 30.1 Å². The Bertz CT molecular complexity index is 474. The predicted octanol–water partition coefficient (Wildman–Crippen LogP) is 1.41. The Morgan fingerprint density at radius 3 is 2.86 bits per heavy atom. The van der Waals surface area contributed by atoms with E-state index >= 15 is 0 Å². The van der Waals surface area contributed by atoms with Gasteiger partial charge in [-0.3, -0.25) is 9.78 Å². The Labute approximate surface area is 125 Å². The van der Waals surface area contributed by atoms with Crippen LogP contribution in [0.5, 0.6) is 0 Å². The number of carbonyl (C=O) groups is 1. The lowest BCUT2D eigenvalue weighted by atomic mass is 10.2. The number of pyridine rings is 1. The molecule has 0 saturated carbocycles. The highest BCUT2D eigenvalue weighted by molar-refractivity contribution is 5.92. The van der Waals surface area contributed by atoms with Gasteiger partial charge in [-0.15, -0.1) is 0 Å². The second-order valence-corrected chi connectivity index (χ2v) is 5.93. The highest BCUT2D eigenvalue weighted by atomic mass is 16.5. The summed E-state index contributed by atoms with van der Waals surface area (Å²) in [5.74, 6) is 0.0272. The first-order chi connectivity index (χ1) is 10.3. The molecule has 0 aliphatic carbocycles. The summed E-state index contributed by atoms with van der Waals surface area (Å²) < 4.78 is 5.49. The zero-order valence-electron chi connectivity index (χ0n) is 12.6. The molecule has 0 radical (unpaired) electrons. The number of ether oxygens (including phenoxy) is 1. The van der Waals surface area contributed by atoms with E-state index in [0.29, 0.717) is 12.2 Å². The molecule has 0 bridgehead atoms. The number of rotatable bonds is 4. The predicted molar refractivity (Wildman–Crippen MR) is 80.1 cm³/mol. The van der Waals surface area contributed by atoms with Gasteiger partial charge in [0.05, 0.1) is 6.10 Å². The van der Waals surface area contributed by atoms with Crippen molar-refractivity contribution in [1.82, 2.24) is 14.8 Å². The van der Waals surface area contributed by atoms with E-state index in [2.05, 4.69) is 9.88 Å². The molecule has 3 heterocycles. The van der Waals surface area contributed by atoms with Gasteiger partial charge >= 0.3 is 0 Å². The number of aromatic nitrogens is 1. The van der Waals surface area contributed by atoms with Crippen molar-refractivity contribution in [1.29, 1.82) is 0 Å². The van der Waals surface area contributed by atoms with Crippen LogP contribution in [0.25, 0.3) is 0 Å². The van der Waals surface area contributed by atoms with Crippen molar-refractivity contribution in [2.45, 2.75) is 31.4 Å². The SMILES string of the molecule is CO[C@H]1C[C@@H](CN2CCCC2)N(C(=O)c2ccccn2)C1. The molecule has 0 N–H and O–H groups in total. The van der Waals surface area contributed by atoms with E-state index in [9.17, 15) is 4.79 Å². The van der Waals surface area contributed by atoms with Gasteiger partial charge in [0, 0.05) is 32.4 Å². The van der Waals surface area contributed by atoms with Crippen LogP contribution in [0.15, 0.2) is 24.4 Å². The van der Waals surface area contributed by atoms with Gasteiger partial charge in [0.2, 0.25) is 0 Å². The van der Waals surface area contributed by atoms with Crippen molar-refractivity contribution in [2.24, 2.45) is 0 Å². The van der Waals surface area contributed by atoms with Gasteiger partial charge < -0.3 is 14.5 Å². The normalized spacial score (nSPS) is 26.4. The number of nitrogens with zero attached hydrogens (tertiary/aromatic N) is 3. The van der Waals surface area contributed by atoms with Crippen LogP contribution in [-0.2, 0) is 4.74 Å². The van der Waals surface area contributed by atoms with Gasteiger partial charge in [0.25, 0.3) is 5.91 Å². The second kappa shape index (κ2) is 6.54. The summed E-state index contributed by atoms with van der Waals surface area (Å²) in [7, 11) is 1.73. The minimum atomic E-state index is 0.0272. The summed E-state index contributed by atoms with van der Waals surface area (Å²) in [4.78, 5) is 21.3. The molecule has 2 saturated heterocycles. The largest absolute Gasteiger partial charge is 0.380 e. The maximum atomic E-state index is 12.7. The zero-order valence-corrected chi connectivity index (χ0v) is 12.6. The lowest BCUT2D eigenvalue weighted by Crippen LogP contribution is -2.42. The van der Waals surface area contributed by atoms with Gasteiger partial charge in [-0.2, -0.15) is 0 Å². The molecule has 2 atom stereocenters. The van der Waals surface area contributed by atoms with Crippen LogP contribution in [0.2, 0.25) is 0 Å². The summed E-state index contributed by atoms with van der Waals surface area (Å²) in [5, 5.41) is 0. The Kier molecular flexibility index (Phi) is 4.51. The van der Waals surface area contributed by atoms with Crippen LogP contribution in [0.4, 0.5) is 0 Å². The van der Waals surface area contributed by atoms with Crippen molar-refractivity contribution in [2.75, 3.05) is 33.3 Å². The number of amides is 1. The molecule has 3 rings (SSSR count). The average Bonchev–Trinajstić information content (AvgIpc) is 3.17. The molecule has 2 aliphatic rings. The van der Waals surface area contributed by atoms with E-state index < -0.39 is 0 Å². The molecule has 0 spiro atoms. The third-order valence-electron chi connectivity index (χ3n) is 4.52. The third kappa shape index (κ3) is 3.24. The fourth-order valence-corrected chi connectivity index (χ4v) is 3.37. The quantitative estimate of drug-likeness (QED) is 0.841. The van der Waals surface area contributed by atoms with Crippen LogP contribution < -0.4 is 0 Å². The Morgan fingerprint density at radius 2 is 2.19 bits per heavy atom. The Balaban J connectivity index is 1.72. The molecule has 5 nitrogen and oxygen atoms in total. The third-order valence-corrected chi connectivity index (χ3v) is 4.52. The van der Waals surface area contributed by atoms with Crippen LogP contribution in [-0.4, -0.2) is 66.1 Å². The summed E-state index contributed by atoms with van der Waals surface area (Å²) in [6, 6.07) is 5.72. The van der Waals surface area contributed by atoms with Crippen molar-refractivity contribution < 1.29 is 9.53 Å². The lowest BCUT2D eigenvalue weighted by molar-refractivity contribution is 0.0664. The van der Waals surface area contributed by atoms with Gasteiger partial charge in [0.1, 0.15) is 5.69 Å². The Hall–Kier alpha value is -1.46. The monoisotopic (exact) mass is 289 g/mol. The van der Waals surface area contributed by atoms with Gasteiger partial charge in [-0.25, -0.2) is 0 Å². The number of carbonyl (C=O) groups excluding carboxylic acids is 1. The highest BCUT2D eigenvalue weighted by Crippen LogP contribution is 2.24. The molecule has 114 valence electrons. The molecular weight excluding hydrogens is 266 g/mol. The van der Waals surface area contributed by atoms with Crippen molar-refractivity contribution >= 4 is 5.91 Å². The van der Waals surface area contributed by atoms with Crippen LogP contribution in [0, 0.1) is 0 Å². The molecular formula is C16H23N3O2. The topological polar surface area (TPSA) is 45.7 Å². The van der Waals surface area contributed by atoms with E-state index in [4.69, 9.17) is 4.74 Å². The molecule has 2 fully saturated rings. The maximum absolute atomic E-state index is 12.7. The van der Waals surface area contributed by atoms with Gasteiger partial charge in [-0.1, -0.05) is 6.07 Å². The van der Waals surface area contributed by atoms with Crippen LogP contribution in [0.1, 0.15) is 29.8 Å². The zero-order chi connectivity index (χ0) is 14.7. The number of likely N-dealkylation sites (tertiary alicyclic amines) is 2. The molecule has 0 unspecified atom stereocenters. The molecule has 21 heavy (non-hydrogen) atoms. The van der Waals surface area contributed by atoms with Gasteiger partial charge in [-0.05, 0) is 44.5 Å². The average molecular weight is 289 g/mol. The first kappa shape index (κ1) is 14.5. The molecule has 2 aliphatic heterocycles. The summed E-state index contributed by atoms with van der Waals surface area (Å²) in [6.45, 7) is 3.93. The maximum Gasteiger partial charge on any atom is 0.272 e. The number of methoxy groups -OCH3 is 1. The van der Waals surface area contributed by atoms with Gasteiger partial charge in [0.15, 0.2) is 0 Å². The highest BCUT2D eigenvalue weighted by Gasteiger charge is 2.37. The smallest absolute Gasteiger partial charge is 0.272 e. The molecule has 1 aromatic rings. The molecule has 0 aromatic carbocycles. The summed E-state index contributed by atoms with van der Waals surface area (Å²) in [6.07, 6.45) is 5.28. The standard InChI is InChI=1S/C16H23N3O2/c1-21-14-10-13(11-18-8-4-5-9-18)19(12-14)16(20)15-6-2-3-7-17-15/h2-3,6-7,13-14H,4-5,8-12H2,1H3/t13-,14-/m0/s1. The fraction of sp³-hybridized carbons (Fsp3) is 0.625. The van der Waals surface area contributed by atoms with E-state index in [1.54, 1.807) is 19.4 Å². The first-order valence-electron chi connectivity index (χ1n) is 7.75. The van der Waals surface area contributed by atoms with E-state index in [1.165, 1.54) is 12.8 Å². The van der Waals surface area contributed by atoms with Crippen LogP contribution in [0.3, 0.4) is 0 Å². The van der Waals surface area contributed by atoms with E-state index in [0.717, 1.165) is 26.1 Å². The number of hydrogen-bond donors (Lipinski definition) is 0. The minimum Gasteiger partial charge on any atom is -0.380 e. The van der Waals surface area contributed by atoms with Crippen molar-refractivity contribution in [3.63, 3.8) is 0 Å².